The first-order valence-corrected chi connectivity index (χ1v) is 4.95. The van der Waals surface area contributed by atoms with Crippen LogP contribution in [-0.4, -0.2) is 21.0 Å². The molecule has 2 aromatic heterocycles. The van der Waals surface area contributed by atoms with Crippen molar-refractivity contribution in [1.82, 2.24) is 9.97 Å². The zero-order valence-electron chi connectivity index (χ0n) is 9.12. The van der Waals surface area contributed by atoms with Crippen LogP contribution >= 0.6 is 0 Å². The smallest absolute Gasteiger partial charge is 0.358 e. The Kier molecular flexibility index (Phi) is 3.00. The average molecular weight is 230 g/mol. The third kappa shape index (κ3) is 2.57. The lowest BCUT2D eigenvalue weighted by atomic mass is 10.3. The van der Waals surface area contributed by atoms with Crippen LogP contribution in [0.25, 0.3) is 0 Å². The number of carbonyl (C=O) groups is 1. The van der Waals surface area contributed by atoms with Crippen LogP contribution in [0.5, 0.6) is 11.6 Å². The minimum Gasteiger partial charge on any atom is -0.476 e. The van der Waals surface area contributed by atoms with E-state index < -0.39 is 5.97 Å². The molecule has 0 saturated heterocycles. The van der Waals surface area contributed by atoms with Gasteiger partial charge in [-0.2, -0.15) is 0 Å². The topological polar surface area (TPSA) is 72.3 Å². The van der Waals surface area contributed by atoms with Gasteiger partial charge in [-0.15, -0.1) is 0 Å². The van der Waals surface area contributed by atoms with Gasteiger partial charge in [-0.05, 0) is 24.6 Å². The molecule has 0 amide bonds. The molecule has 0 spiro atoms. The second-order valence-electron chi connectivity index (χ2n) is 3.43. The Morgan fingerprint density at radius 3 is 2.76 bits per heavy atom. The van der Waals surface area contributed by atoms with Crippen molar-refractivity contribution in [3.8, 4) is 11.6 Å². The maximum Gasteiger partial charge on any atom is 0.358 e. The van der Waals surface area contributed by atoms with E-state index in [1.807, 2.05) is 13.0 Å². The minimum atomic E-state index is -1.13. The second-order valence-corrected chi connectivity index (χ2v) is 3.43. The molecular formula is C12H10N2O3. The maximum atomic E-state index is 10.9. The van der Waals surface area contributed by atoms with Crippen LogP contribution in [0.2, 0.25) is 0 Å². The Labute approximate surface area is 97.7 Å². The van der Waals surface area contributed by atoms with E-state index >= 15 is 0 Å². The van der Waals surface area contributed by atoms with Gasteiger partial charge in [0.1, 0.15) is 0 Å². The third-order valence-corrected chi connectivity index (χ3v) is 2.07. The summed E-state index contributed by atoms with van der Waals surface area (Å²) in [6.07, 6.45) is 3.05. The van der Waals surface area contributed by atoms with Gasteiger partial charge in [0.15, 0.2) is 11.4 Å². The lowest BCUT2D eigenvalue weighted by Crippen LogP contribution is -2.03. The third-order valence-electron chi connectivity index (χ3n) is 2.07. The minimum absolute atomic E-state index is 0.130. The van der Waals surface area contributed by atoms with Crippen molar-refractivity contribution >= 4 is 5.97 Å². The highest BCUT2D eigenvalue weighted by Crippen LogP contribution is 2.22. The molecule has 2 heterocycles. The number of ether oxygens (including phenoxy) is 1. The molecular weight excluding hydrogens is 220 g/mol. The molecule has 0 fully saturated rings. The van der Waals surface area contributed by atoms with Crippen molar-refractivity contribution < 1.29 is 14.6 Å². The van der Waals surface area contributed by atoms with E-state index in [4.69, 9.17) is 9.84 Å². The summed E-state index contributed by atoms with van der Waals surface area (Å²) in [5.41, 5.74) is 0.872. The Balaban J connectivity index is 2.30. The summed E-state index contributed by atoms with van der Waals surface area (Å²) in [5.74, 6) is -0.616. The van der Waals surface area contributed by atoms with E-state index in [-0.39, 0.29) is 11.4 Å². The zero-order valence-corrected chi connectivity index (χ0v) is 9.12. The Hall–Kier alpha value is -2.43. The summed E-state index contributed by atoms with van der Waals surface area (Å²) in [6.45, 7) is 1.91. The number of aromatic nitrogens is 2. The number of hydrogen-bond donors (Lipinski definition) is 1. The van der Waals surface area contributed by atoms with Crippen molar-refractivity contribution in [1.29, 1.82) is 0 Å². The molecule has 0 radical (unpaired) electrons. The Morgan fingerprint density at radius 2 is 2.12 bits per heavy atom. The summed E-state index contributed by atoms with van der Waals surface area (Å²) in [5, 5.41) is 8.92. The number of hydrogen-bond acceptors (Lipinski definition) is 4. The van der Waals surface area contributed by atoms with E-state index in [2.05, 4.69) is 9.97 Å². The Bertz CT molecular complexity index is 538. The van der Waals surface area contributed by atoms with Gasteiger partial charge < -0.3 is 9.84 Å². The maximum absolute atomic E-state index is 10.9. The number of carboxylic acids is 1. The molecule has 2 rings (SSSR count). The zero-order chi connectivity index (χ0) is 12.3. The fourth-order valence-electron chi connectivity index (χ4n) is 1.26. The van der Waals surface area contributed by atoms with Crippen LogP contribution in [0.1, 0.15) is 16.1 Å². The summed E-state index contributed by atoms with van der Waals surface area (Å²) >= 11 is 0. The number of aromatic carboxylic acids is 1. The van der Waals surface area contributed by atoms with Crippen molar-refractivity contribution in [3.63, 3.8) is 0 Å². The summed E-state index contributed by atoms with van der Waals surface area (Å²) in [6, 6.07) is 6.65. The van der Waals surface area contributed by atoms with Gasteiger partial charge in [0, 0.05) is 18.5 Å². The van der Waals surface area contributed by atoms with Crippen molar-refractivity contribution in [3.05, 3.63) is 47.9 Å². The highest BCUT2D eigenvalue weighted by atomic mass is 16.5. The number of aryl methyl sites for hydroxylation is 1. The quantitative estimate of drug-likeness (QED) is 0.875. The molecule has 1 N–H and O–H groups in total. The van der Waals surface area contributed by atoms with Crippen LogP contribution in [-0.2, 0) is 0 Å². The molecule has 5 nitrogen and oxygen atoms in total. The van der Waals surface area contributed by atoms with Crippen molar-refractivity contribution in [2.24, 2.45) is 0 Å². The SMILES string of the molecule is Cc1ccc(Oc2cccnc2C(=O)O)nc1. The van der Waals surface area contributed by atoms with Gasteiger partial charge in [0.05, 0.1) is 0 Å². The molecule has 0 aromatic carbocycles. The van der Waals surface area contributed by atoms with Crippen LogP contribution in [0, 0.1) is 6.92 Å². The van der Waals surface area contributed by atoms with Gasteiger partial charge in [-0.3, -0.25) is 0 Å². The fourth-order valence-corrected chi connectivity index (χ4v) is 1.26. The predicted molar refractivity (Wildman–Crippen MR) is 60.2 cm³/mol. The lowest BCUT2D eigenvalue weighted by molar-refractivity contribution is 0.0687. The van der Waals surface area contributed by atoms with Gasteiger partial charge in [0.25, 0.3) is 0 Å². The predicted octanol–water partition coefficient (Wildman–Crippen LogP) is 2.28. The number of pyridine rings is 2. The van der Waals surface area contributed by atoms with Gasteiger partial charge in [-0.25, -0.2) is 14.8 Å². The molecule has 0 aliphatic carbocycles. The monoisotopic (exact) mass is 230 g/mol. The highest BCUT2D eigenvalue weighted by molar-refractivity contribution is 5.88. The lowest BCUT2D eigenvalue weighted by Gasteiger charge is -2.06. The number of rotatable bonds is 3. The van der Waals surface area contributed by atoms with Crippen LogP contribution in [0.3, 0.4) is 0 Å². The first kappa shape index (κ1) is 11.1. The van der Waals surface area contributed by atoms with E-state index in [1.54, 1.807) is 18.3 Å². The number of carboxylic acid groups (broad SMARTS) is 1. The van der Waals surface area contributed by atoms with Crippen LogP contribution < -0.4 is 4.74 Å². The molecule has 0 saturated carbocycles. The van der Waals surface area contributed by atoms with Crippen LogP contribution in [0.4, 0.5) is 0 Å². The molecule has 2 aromatic rings. The molecule has 86 valence electrons. The normalized spacial score (nSPS) is 9.94. The highest BCUT2D eigenvalue weighted by Gasteiger charge is 2.13. The van der Waals surface area contributed by atoms with Crippen LogP contribution in [0.15, 0.2) is 36.7 Å². The average Bonchev–Trinajstić information content (AvgIpc) is 2.32. The summed E-state index contributed by atoms with van der Waals surface area (Å²) in [4.78, 5) is 18.7. The van der Waals surface area contributed by atoms with E-state index in [0.29, 0.717) is 5.88 Å². The van der Waals surface area contributed by atoms with Gasteiger partial charge in [-0.1, -0.05) is 6.07 Å². The molecule has 0 bridgehead atoms. The fraction of sp³-hybridized carbons (Fsp3) is 0.0833. The standard InChI is InChI=1S/C12H10N2O3/c1-8-4-5-10(14-7-8)17-9-3-2-6-13-11(9)12(15)16/h2-7H,1H3,(H,15,16). The largest absolute Gasteiger partial charge is 0.476 e. The molecule has 5 heteroatoms. The summed E-state index contributed by atoms with van der Waals surface area (Å²) < 4.78 is 5.37. The first-order valence-electron chi connectivity index (χ1n) is 4.95. The van der Waals surface area contributed by atoms with Gasteiger partial charge in [0.2, 0.25) is 5.88 Å². The molecule has 17 heavy (non-hydrogen) atoms. The summed E-state index contributed by atoms with van der Waals surface area (Å²) in [7, 11) is 0. The van der Waals surface area contributed by atoms with Crippen molar-refractivity contribution in [2.75, 3.05) is 0 Å². The first-order chi connectivity index (χ1) is 8.16. The second kappa shape index (κ2) is 4.61. The van der Waals surface area contributed by atoms with E-state index in [0.717, 1.165) is 5.56 Å². The number of nitrogens with zero attached hydrogens (tertiary/aromatic N) is 2. The van der Waals surface area contributed by atoms with E-state index in [1.165, 1.54) is 12.3 Å². The molecule has 0 aliphatic heterocycles. The van der Waals surface area contributed by atoms with E-state index in [9.17, 15) is 4.79 Å². The molecule has 0 unspecified atom stereocenters. The Morgan fingerprint density at radius 1 is 1.29 bits per heavy atom. The van der Waals surface area contributed by atoms with Crippen molar-refractivity contribution in [2.45, 2.75) is 6.92 Å². The van der Waals surface area contributed by atoms with Gasteiger partial charge >= 0.3 is 5.97 Å². The molecule has 0 atom stereocenters. The molecule has 0 aliphatic rings.